The molecule has 0 saturated carbocycles. The molecule has 0 aromatic rings. The highest BCUT2D eigenvalue weighted by molar-refractivity contribution is 5.78. The Hall–Kier alpha value is -1.34. The molecule has 0 spiro atoms. The zero-order valence-electron chi connectivity index (χ0n) is 12.7. The molecule has 1 heteroatoms. The van der Waals surface area contributed by atoms with Crippen molar-refractivity contribution in [1.29, 1.82) is 0 Å². The summed E-state index contributed by atoms with van der Waals surface area (Å²) in [6.07, 6.45) is 0.736. The van der Waals surface area contributed by atoms with Gasteiger partial charge in [-0.25, -0.2) is 0 Å². The van der Waals surface area contributed by atoms with Crippen LogP contribution in [0.2, 0.25) is 0 Å². The number of aliphatic hydroxyl groups is 1. The Kier molecular flexibility index (Phi) is 3.69. The van der Waals surface area contributed by atoms with Crippen molar-refractivity contribution in [2.75, 3.05) is 6.61 Å². The maximum absolute atomic E-state index is 9.23. The summed E-state index contributed by atoms with van der Waals surface area (Å²) in [5.41, 5.74) is 8.03. The quantitative estimate of drug-likeness (QED) is 0.852. The summed E-state index contributed by atoms with van der Waals surface area (Å²) in [5, 5.41) is 9.23. The number of fused-ring (bicyclic) bond motifs is 1. The lowest BCUT2D eigenvalue weighted by atomic mass is 9.87. The number of hydrogen-bond donors (Lipinski definition) is 1. The zero-order chi connectivity index (χ0) is 14.2. The highest BCUT2D eigenvalue weighted by Crippen LogP contribution is 2.37. The van der Waals surface area contributed by atoms with Crippen LogP contribution in [0.1, 0.15) is 43.0 Å². The first-order valence-electron chi connectivity index (χ1n) is 6.99. The van der Waals surface area contributed by atoms with Gasteiger partial charge in [-0.15, -0.1) is 0 Å². The van der Waals surface area contributed by atoms with E-state index in [1.54, 1.807) is 0 Å². The van der Waals surface area contributed by atoms with Crippen molar-refractivity contribution in [3.63, 3.8) is 0 Å². The monoisotopic (exact) mass is 256 g/mol. The Labute approximate surface area is 116 Å². The minimum atomic E-state index is 0.152. The van der Waals surface area contributed by atoms with Crippen molar-refractivity contribution in [3.05, 3.63) is 46.5 Å². The molecule has 2 aliphatic rings. The van der Waals surface area contributed by atoms with Crippen LogP contribution in [0.25, 0.3) is 11.1 Å². The average molecular weight is 256 g/mol. The molecule has 0 radical (unpaired) electrons. The van der Waals surface area contributed by atoms with Crippen molar-refractivity contribution >= 4 is 0 Å². The van der Waals surface area contributed by atoms with Crippen molar-refractivity contribution in [2.45, 2.75) is 46.5 Å². The molecular formula is C18H24O. The van der Waals surface area contributed by atoms with Crippen LogP contribution in [0.5, 0.6) is 0 Å². The number of rotatable bonds is 2. The van der Waals surface area contributed by atoms with Crippen LogP contribution in [0, 0.1) is 13.8 Å². The summed E-state index contributed by atoms with van der Waals surface area (Å²) in [7, 11) is 0. The van der Waals surface area contributed by atoms with Crippen molar-refractivity contribution in [2.24, 2.45) is 0 Å². The molecule has 102 valence electrons. The van der Waals surface area contributed by atoms with Crippen LogP contribution in [0.3, 0.4) is 0 Å². The van der Waals surface area contributed by atoms with Crippen LogP contribution in [-0.2, 0) is 11.8 Å². The summed E-state index contributed by atoms with van der Waals surface area (Å²) >= 11 is 0. The molecule has 2 rings (SSSR count). The molecule has 0 amide bonds. The number of hydrogen-bond acceptors (Lipinski definition) is 1. The molecule has 0 unspecified atom stereocenters. The number of aliphatic hydroxyl groups excluding tert-OH is 1. The smallest absolute Gasteiger partial charge is 0.0471 e. The molecule has 0 aromatic heterocycles. The van der Waals surface area contributed by atoms with Gasteiger partial charge < -0.3 is 5.11 Å². The Morgan fingerprint density at radius 3 is 2.26 bits per heavy atom. The first-order valence-corrected chi connectivity index (χ1v) is 6.99. The highest BCUT2D eigenvalue weighted by atomic mass is 16.2. The van der Waals surface area contributed by atoms with Gasteiger partial charge in [-0.2, -0.15) is 0 Å². The van der Waals surface area contributed by atoms with Gasteiger partial charge in [0.2, 0.25) is 0 Å². The second kappa shape index (κ2) is 4.97. The van der Waals surface area contributed by atoms with Gasteiger partial charge in [0, 0.05) is 6.61 Å². The summed E-state index contributed by atoms with van der Waals surface area (Å²) in [6.45, 7) is 11.3. The van der Waals surface area contributed by atoms with E-state index in [0.29, 0.717) is 0 Å². The maximum Gasteiger partial charge on any atom is 0.0471 e. The Bertz CT molecular complexity index is 561. The SMILES string of the molecule is Cc1cc(CCO)c2c(C)ccc(C(C)(C)C)cc1-2. The minimum Gasteiger partial charge on any atom is -0.396 e. The standard InChI is InChI=1S/C18H24O/c1-12-6-7-15(18(3,4)5)11-16-13(2)10-14(8-9-19)17(12)16/h6-7,10-11,19H,8-9H2,1-5H3. The fourth-order valence-corrected chi connectivity index (χ4v) is 2.72. The lowest BCUT2D eigenvalue weighted by Crippen LogP contribution is -2.09. The third-order valence-corrected chi connectivity index (χ3v) is 3.86. The molecule has 0 bridgehead atoms. The van der Waals surface area contributed by atoms with Crippen molar-refractivity contribution in [3.8, 4) is 11.1 Å². The van der Waals surface area contributed by atoms with E-state index in [1.165, 1.54) is 33.4 Å². The van der Waals surface area contributed by atoms with Gasteiger partial charge in [-0.05, 0) is 59.1 Å². The van der Waals surface area contributed by atoms with Crippen LogP contribution in [-0.4, -0.2) is 11.7 Å². The average Bonchev–Trinajstić information content (AvgIpc) is 2.49. The van der Waals surface area contributed by atoms with Gasteiger partial charge in [0.1, 0.15) is 0 Å². The topological polar surface area (TPSA) is 20.2 Å². The second-order valence-corrected chi connectivity index (χ2v) is 6.48. The molecule has 19 heavy (non-hydrogen) atoms. The molecule has 1 nitrogen and oxygen atoms in total. The summed E-state index contributed by atoms with van der Waals surface area (Å²) in [4.78, 5) is 0. The lowest BCUT2D eigenvalue weighted by molar-refractivity contribution is 0.300. The lowest BCUT2D eigenvalue weighted by Gasteiger charge is -2.18. The predicted octanol–water partition coefficient (Wildman–Crippen LogP) is 4.24. The Morgan fingerprint density at radius 2 is 1.68 bits per heavy atom. The first-order chi connectivity index (χ1) is 8.84. The van der Waals surface area contributed by atoms with Gasteiger partial charge in [0.05, 0.1) is 0 Å². The van der Waals surface area contributed by atoms with E-state index < -0.39 is 0 Å². The largest absolute Gasteiger partial charge is 0.396 e. The van der Waals surface area contributed by atoms with Gasteiger partial charge in [-0.1, -0.05) is 45.0 Å². The second-order valence-electron chi connectivity index (χ2n) is 6.48. The van der Waals surface area contributed by atoms with E-state index in [1.807, 2.05) is 0 Å². The molecular weight excluding hydrogens is 232 g/mol. The van der Waals surface area contributed by atoms with Gasteiger partial charge in [-0.3, -0.25) is 0 Å². The summed E-state index contributed by atoms with van der Waals surface area (Å²) < 4.78 is 0. The van der Waals surface area contributed by atoms with Crippen LogP contribution < -0.4 is 0 Å². The van der Waals surface area contributed by atoms with E-state index in [2.05, 4.69) is 58.9 Å². The molecule has 0 fully saturated rings. The van der Waals surface area contributed by atoms with Gasteiger partial charge >= 0.3 is 0 Å². The zero-order valence-corrected chi connectivity index (χ0v) is 12.7. The van der Waals surface area contributed by atoms with Crippen molar-refractivity contribution < 1.29 is 5.11 Å². The predicted molar refractivity (Wildman–Crippen MR) is 82.0 cm³/mol. The molecule has 0 saturated heterocycles. The minimum absolute atomic E-state index is 0.152. The molecule has 2 aliphatic carbocycles. The van der Waals surface area contributed by atoms with Crippen LogP contribution in [0.15, 0.2) is 24.3 Å². The van der Waals surface area contributed by atoms with Crippen molar-refractivity contribution in [1.82, 2.24) is 0 Å². The van der Waals surface area contributed by atoms with Crippen LogP contribution >= 0.6 is 0 Å². The summed E-state index contributed by atoms with van der Waals surface area (Å²) in [6, 6.07) is 8.99. The normalized spacial score (nSPS) is 12.1. The fourth-order valence-electron chi connectivity index (χ4n) is 2.72. The first kappa shape index (κ1) is 14.1. The molecule has 1 N–H and O–H groups in total. The highest BCUT2D eigenvalue weighted by Gasteiger charge is 2.19. The third-order valence-electron chi connectivity index (χ3n) is 3.86. The fraction of sp³-hybridized carbons (Fsp3) is 0.444. The molecule has 0 heterocycles. The van der Waals surface area contributed by atoms with E-state index >= 15 is 0 Å². The number of aryl methyl sites for hydroxylation is 2. The van der Waals surface area contributed by atoms with Crippen LogP contribution in [0.4, 0.5) is 0 Å². The Morgan fingerprint density at radius 1 is 1.00 bits per heavy atom. The molecule has 0 atom stereocenters. The summed E-state index contributed by atoms with van der Waals surface area (Å²) in [5.74, 6) is 0. The molecule has 0 aromatic carbocycles. The van der Waals surface area contributed by atoms with E-state index in [-0.39, 0.29) is 12.0 Å². The van der Waals surface area contributed by atoms with E-state index in [4.69, 9.17) is 0 Å². The third kappa shape index (κ3) is 2.66. The Balaban J connectivity index is 2.70. The van der Waals surface area contributed by atoms with E-state index in [9.17, 15) is 5.11 Å². The maximum atomic E-state index is 9.23. The molecule has 0 aliphatic heterocycles. The van der Waals surface area contributed by atoms with Gasteiger partial charge in [0.25, 0.3) is 0 Å². The van der Waals surface area contributed by atoms with E-state index in [0.717, 1.165) is 6.42 Å². The van der Waals surface area contributed by atoms with Gasteiger partial charge in [0.15, 0.2) is 0 Å².